The summed E-state index contributed by atoms with van der Waals surface area (Å²) in [7, 11) is 0. The van der Waals surface area contributed by atoms with E-state index in [-0.39, 0.29) is 11.4 Å². The van der Waals surface area contributed by atoms with Crippen LogP contribution in [0.5, 0.6) is 0 Å². The number of aromatic nitrogens is 2. The fraction of sp³-hybridized carbons (Fsp3) is 0. The van der Waals surface area contributed by atoms with E-state index in [0.29, 0.717) is 33.3 Å². The number of hydrogen-bond acceptors (Lipinski definition) is 6. The molecule has 0 amide bonds. The lowest BCUT2D eigenvalue weighted by Crippen LogP contribution is -1.91. The highest BCUT2D eigenvalue weighted by molar-refractivity contribution is 6.33. The highest BCUT2D eigenvalue weighted by atomic mass is 35.5. The summed E-state index contributed by atoms with van der Waals surface area (Å²) in [5.74, 6) is 0.411. The number of fused-ring (bicyclic) bond motifs is 1. The lowest BCUT2D eigenvalue weighted by Gasteiger charge is -2.02. The standard InChI is InChI=1S/C20H12ClN5O4/c21-17-8-7-16(26(29)30)11-14(17)12-22-20-19(23-18-6-1-2-9-24(18)20)13-4-3-5-15(10-13)25(27)28/h1-12H. The van der Waals surface area contributed by atoms with Crippen LogP contribution in [0.15, 0.2) is 71.9 Å². The van der Waals surface area contributed by atoms with E-state index in [1.54, 1.807) is 34.9 Å². The Morgan fingerprint density at radius 2 is 1.73 bits per heavy atom. The second-order valence-corrected chi connectivity index (χ2v) is 6.65. The first-order valence-corrected chi connectivity index (χ1v) is 9.02. The summed E-state index contributed by atoms with van der Waals surface area (Å²) >= 11 is 6.16. The van der Waals surface area contributed by atoms with E-state index in [2.05, 4.69) is 9.98 Å². The van der Waals surface area contributed by atoms with E-state index in [4.69, 9.17) is 11.6 Å². The molecule has 0 fully saturated rings. The second kappa shape index (κ2) is 7.72. The zero-order valence-electron chi connectivity index (χ0n) is 15.2. The first-order chi connectivity index (χ1) is 14.4. The van der Waals surface area contributed by atoms with Gasteiger partial charge in [0.15, 0.2) is 5.82 Å². The summed E-state index contributed by atoms with van der Waals surface area (Å²) in [6, 6.07) is 15.5. The molecule has 0 N–H and O–H groups in total. The van der Waals surface area contributed by atoms with Crippen LogP contribution in [0.3, 0.4) is 0 Å². The van der Waals surface area contributed by atoms with E-state index in [9.17, 15) is 20.2 Å². The Bertz CT molecular complexity index is 1330. The molecular weight excluding hydrogens is 410 g/mol. The maximum absolute atomic E-state index is 11.2. The molecule has 0 unspecified atom stereocenters. The maximum Gasteiger partial charge on any atom is 0.270 e. The summed E-state index contributed by atoms with van der Waals surface area (Å²) in [6.45, 7) is 0. The third-order valence-electron chi connectivity index (χ3n) is 4.35. The van der Waals surface area contributed by atoms with Crippen LogP contribution in [0.25, 0.3) is 16.9 Å². The summed E-state index contributed by atoms with van der Waals surface area (Å²) in [6.07, 6.45) is 3.16. The lowest BCUT2D eigenvalue weighted by atomic mass is 10.1. The molecule has 0 radical (unpaired) electrons. The number of imidazole rings is 1. The number of nitro benzene ring substituents is 2. The van der Waals surface area contributed by atoms with Crippen molar-refractivity contribution in [3.05, 3.63) is 97.7 Å². The van der Waals surface area contributed by atoms with Gasteiger partial charge in [-0.15, -0.1) is 0 Å². The molecule has 148 valence electrons. The van der Waals surface area contributed by atoms with Gasteiger partial charge in [0.1, 0.15) is 11.3 Å². The van der Waals surface area contributed by atoms with Gasteiger partial charge >= 0.3 is 0 Å². The van der Waals surface area contributed by atoms with Crippen molar-refractivity contribution in [3.63, 3.8) is 0 Å². The number of pyridine rings is 1. The van der Waals surface area contributed by atoms with Crippen molar-refractivity contribution in [3.8, 4) is 11.3 Å². The van der Waals surface area contributed by atoms with Crippen LogP contribution in [0.4, 0.5) is 17.2 Å². The van der Waals surface area contributed by atoms with Crippen LogP contribution in [0, 0.1) is 20.2 Å². The molecule has 0 aliphatic heterocycles. The molecule has 0 saturated heterocycles. The van der Waals surface area contributed by atoms with Gasteiger partial charge in [0.25, 0.3) is 11.4 Å². The third kappa shape index (κ3) is 3.61. The smallest absolute Gasteiger partial charge is 0.270 e. The van der Waals surface area contributed by atoms with Crippen LogP contribution < -0.4 is 0 Å². The fourth-order valence-electron chi connectivity index (χ4n) is 2.94. The minimum atomic E-state index is -0.517. The zero-order chi connectivity index (χ0) is 21.3. The minimum Gasteiger partial charge on any atom is -0.284 e. The number of nitrogens with zero attached hydrogens (tertiary/aromatic N) is 5. The first kappa shape index (κ1) is 19.2. The highest BCUT2D eigenvalue weighted by Gasteiger charge is 2.16. The van der Waals surface area contributed by atoms with E-state index < -0.39 is 9.85 Å². The second-order valence-electron chi connectivity index (χ2n) is 6.24. The molecule has 4 rings (SSSR count). The van der Waals surface area contributed by atoms with Crippen molar-refractivity contribution in [1.82, 2.24) is 9.38 Å². The van der Waals surface area contributed by atoms with Gasteiger partial charge in [-0.3, -0.25) is 24.6 Å². The monoisotopic (exact) mass is 421 g/mol. The van der Waals surface area contributed by atoms with Gasteiger partial charge in [0.05, 0.1) is 9.85 Å². The number of halogens is 1. The van der Waals surface area contributed by atoms with Crippen LogP contribution in [0.2, 0.25) is 5.02 Å². The predicted octanol–water partition coefficient (Wildman–Crippen LogP) is 5.22. The Morgan fingerprint density at radius 3 is 2.50 bits per heavy atom. The normalized spacial score (nSPS) is 11.2. The molecule has 0 saturated carbocycles. The van der Waals surface area contributed by atoms with Gasteiger partial charge in [-0.05, 0) is 18.2 Å². The summed E-state index contributed by atoms with van der Waals surface area (Å²) in [4.78, 5) is 30.2. The van der Waals surface area contributed by atoms with Crippen LogP contribution in [-0.2, 0) is 0 Å². The molecule has 4 aromatic rings. The number of hydrogen-bond donors (Lipinski definition) is 0. The maximum atomic E-state index is 11.2. The SMILES string of the molecule is O=[N+]([O-])c1cccc(-c2nc3ccccn3c2N=Cc2cc([N+](=O)[O-])ccc2Cl)c1. The van der Waals surface area contributed by atoms with Crippen molar-refractivity contribution >= 4 is 40.7 Å². The molecule has 0 aliphatic rings. The average Bonchev–Trinajstić information content (AvgIpc) is 3.11. The minimum absolute atomic E-state index is 0.0683. The quantitative estimate of drug-likeness (QED) is 0.249. The lowest BCUT2D eigenvalue weighted by molar-refractivity contribution is -0.385. The van der Waals surface area contributed by atoms with Crippen LogP contribution in [-0.4, -0.2) is 25.4 Å². The molecule has 0 atom stereocenters. The molecule has 0 spiro atoms. The van der Waals surface area contributed by atoms with Gasteiger partial charge < -0.3 is 0 Å². The van der Waals surface area contributed by atoms with E-state index >= 15 is 0 Å². The van der Waals surface area contributed by atoms with Crippen molar-refractivity contribution in [2.45, 2.75) is 0 Å². The Morgan fingerprint density at radius 1 is 0.967 bits per heavy atom. The van der Waals surface area contributed by atoms with E-state index in [1.165, 1.54) is 36.5 Å². The number of rotatable bonds is 5. The molecule has 0 aliphatic carbocycles. The molecule has 9 nitrogen and oxygen atoms in total. The van der Waals surface area contributed by atoms with Gasteiger partial charge in [-0.25, -0.2) is 9.98 Å². The molecule has 2 aromatic heterocycles. The van der Waals surface area contributed by atoms with Gasteiger partial charge in [0.2, 0.25) is 0 Å². The molecular formula is C20H12ClN5O4. The number of non-ortho nitro benzene ring substituents is 2. The van der Waals surface area contributed by atoms with Gasteiger partial charge in [-0.2, -0.15) is 0 Å². The van der Waals surface area contributed by atoms with Crippen LogP contribution in [0.1, 0.15) is 5.56 Å². The molecule has 10 heteroatoms. The highest BCUT2D eigenvalue weighted by Crippen LogP contribution is 2.33. The van der Waals surface area contributed by atoms with Gasteiger partial charge in [0, 0.05) is 52.8 Å². The topological polar surface area (TPSA) is 116 Å². The van der Waals surface area contributed by atoms with E-state index in [0.717, 1.165) is 0 Å². The predicted molar refractivity (Wildman–Crippen MR) is 113 cm³/mol. The Balaban J connectivity index is 1.87. The Hall–Kier alpha value is -4.11. The molecule has 2 heterocycles. The molecule has 30 heavy (non-hydrogen) atoms. The van der Waals surface area contributed by atoms with Crippen LogP contribution >= 0.6 is 11.6 Å². The average molecular weight is 422 g/mol. The largest absolute Gasteiger partial charge is 0.284 e. The summed E-state index contributed by atoms with van der Waals surface area (Å²) in [5, 5.41) is 22.5. The first-order valence-electron chi connectivity index (χ1n) is 8.64. The third-order valence-corrected chi connectivity index (χ3v) is 4.70. The fourth-order valence-corrected chi connectivity index (χ4v) is 3.11. The van der Waals surface area contributed by atoms with Crippen molar-refractivity contribution < 1.29 is 9.85 Å². The van der Waals surface area contributed by atoms with Crippen molar-refractivity contribution in [2.75, 3.05) is 0 Å². The van der Waals surface area contributed by atoms with E-state index in [1.807, 2.05) is 6.07 Å². The Kier molecular flexibility index (Phi) is 4.95. The van der Waals surface area contributed by atoms with Gasteiger partial charge in [-0.1, -0.05) is 29.8 Å². The summed E-state index contributed by atoms with van der Waals surface area (Å²) in [5.41, 5.74) is 1.73. The molecule has 2 aromatic carbocycles. The number of aliphatic imine (C=N–C) groups is 1. The van der Waals surface area contributed by atoms with Crippen molar-refractivity contribution in [2.24, 2.45) is 4.99 Å². The number of benzene rings is 2. The Labute approximate surface area is 174 Å². The zero-order valence-corrected chi connectivity index (χ0v) is 15.9. The molecule has 0 bridgehead atoms. The summed E-state index contributed by atoms with van der Waals surface area (Å²) < 4.78 is 1.72. The number of nitro groups is 2. The van der Waals surface area contributed by atoms with Crippen molar-refractivity contribution in [1.29, 1.82) is 0 Å².